The Hall–Kier alpha value is -1.31. The second kappa shape index (κ2) is 9.58. The summed E-state index contributed by atoms with van der Waals surface area (Å²) in [7, 11) is 0. The van der Waals surface area contributed by atoms with E-state index < -0.39 is 6.03 Å². The molecule has 0 bridgehead atoms. The fraction of sp³-hybridized carbons (Fsp3) is 0.667. The lowest BCUT2D eigenvalue weighted by Gasteiger charge is -2.29. The summed E-state index contributed by atoms with van der Waals surface area (Å²) >= 11 is 1.68. The van der Waals surface area contributed by atoms with Gasteiger partial charge in [0.1, 0.15) is 0 Å². The summed E-state index contributed by atoms with van der Waals surface area (Å²) in [5.74, 6) is 0.241. The Bertz CT molecular complexity index is 590. The highest BCUT2D eigenvalue weighted by atomic mass is 35.5. The van der Waals surface area contributed by atoms with Crippen LogP contribution in [0.4, 0.5) is 4.79 Å². The molecule has 146 valence electrons. The second-order valence-corrected chi connectivity index (χ2v) is 8.01. The van der Waals surface area contributed by atoms with Crippen LogP contribution in [0.3, 0.4) is 0 Å². The molecule has 2 aliphatic rings. The average molecular weight is 401 g/mol. The van der Waals surface area contributed by atoms with Gasteiger partial charge in [-0.2, -0.15) is 11.3 Å². The summed E-state index contributed by atoms with van der Waals surface area (Å²) in [6, 6.07) is 2.00. The van der Waals surface area contributed by atoms with Gasteiger partial charge >= 0.3 is 6.03 Å². The van der Waals surface area contributed by atoms with Gasteiger partial charge in [0.05, 0.1) is 0 Å². The van der Waals surface area contributed by atoms with Crippen LogP contribution in [0.15, 0.2) is 16.8 Å². The van der Waals surface area contributed by atoms with Crippen molar-refractivity contribution < 1.29 is 9.59 Å². The van der Waals surface area contributed by atoms with Gasteiger partial charge in [-0.1, -0.05) is 0 Å². The number of carbonyl (C=O) groups is 2. The number of amides is 3. The molecule has 1 aromatic heterocycles. The third kappa shape index (κ3) is 5.34. The number of hydrogen-bond donors (Lipinski definition) is 3. The quantitative estimate of drug-likeness (QED) is 0.586. The van der Waals surface area contributed by atoms with Gasteiger partial charge < -0.3 is 21.3 Å². The van der Waals surface area contributed by atoms with E-state index in [0.717, 1.165) is 38.9 Å². The highest BCUT2D eigenvalue weighted by molar-refractivity contribution is 7.07. The molecule has 1 spiro atoms. The first kappa shape index (κ1) is 21.0. The van der Waals surface area contributed by atoms with Gasteiger partial charge in [0.15, 0.2) is 0 Å². The number of unbranched alkanes of at least 4 members (excludes halogenated alkanes) is 1. The standard InChI is InChI=1S/C18H28N4O2S.ClH/c19-17(24)21-7-2-1-3-16(23)22(12-14-4-10-25-13-14)15-11-18(15)5-8-20-9-6-18;/h4,10,13,15,20H,1-3,5-9,11-12H2,(H3,19,21,24);1H. The summed E-state index contributed by atoms with van der Waals surface area (Å²) < 4.78 is 0. The minimum Gasteiger partial charge on any atom is -0.352 e. The summed E-state index contributed by atoms with van der Waals surface area (Å²) in [4.78, 5) is 25.7. The molecule has 1 aliphatic heterocycles. The monoisotopic (exact) mass is 400 g/mol. The fourth-order valence-corrected chi connectivity index (χ4v) is 4.60. The molecule has 1 aromatic rings. The molecular weight excluding hydrogens is 372 g/mol. The van der Waals surface area contributed by atoms with Crippen LogP contribution in [0.2, 0.25) is 0 Å². The number of urea groups is 1. The van der Waals surface area contributed by atoms with Crippen molar-refractivity contribution in [2.24, 2.45) is 11.1 Å². The molecule has 4 N–H and O–H groups in total. The Labute approximate surface area is 165 Å². The summed E-state index contributed by atoms with van der Waals surface area (Å²) in [6.45, 7) is 3.39. The van der Waals surface area contributed by atoms with Gasteiger partial charge in [0.2, 0.25) is 5.91 Å². The number of nitrogens with two attached hydrogens (primary N) is 1. The van der Waals surface area contributed by atoms with E-state index in [1.54, 1.807) is 11.3 Å². The SMILES string of the molecule is Cl.NC(=O)NCCCCC(=O)N(Cc1ccsc1)C1CC12CCNCC2. The first-order valence-electron chi connectivity index (χ1n) is 9.15. The molecule has 3 rings (SSSR count). The van der Waals surface area contributed by atoms with Gasteiger partial charge in [-0.15, -0.1) is 12.4 Å². The molecule has 1 atom stereocenters. The molecule has 6 nitrogen and oxygen atoms in total. The lowest BCUT2D eigenvalue weighted by atomic mass is 9.93. The molecule has 2 heterocycles. The molecule has 0 aromatic carbocycles. The Kier molecular flexibility index (Phi) is 7.73. The number of primary amides is 1. The number of rotatable bonds is 8. The van der Waals surface area contributed by atoms with Crippen molar-refractivity contribution in [3.05, 3.63) is 22.4 Å². The van der Waals surface area contributed by atoms with E-state index in [1.807, 2.05) is 0 Å². The first-order valence-corrected chi connectivity index (χ1v) is 10.1. The second-order valence-electron chi connectivity index (χ2n) is 7.23. The Morgan fingerprint density at radius 3 is 2.77 bits per heavy atom. The Morgan fingerprint density at radius 2 is 2.12 bits per heavy atom. The van der Waals surface area contributed by atoms with Crippen LogP contribution < -0.4 is 16.4 Å². The minimum absolute atomic E-state index is 0. The van der Waals surface area contributed by atoms with Gasteiger partial charge in [0.25, 0.3) is 0 Å². The van der Waals surface area contributed by atoms with Crippen molar-refractivity contribution in [1.29, 1.82) is 0 Å². The van der Waals surface area contributed by atoms with Crippen molar-refractivity contribution >= 4 is 35.7 Å². The maximum atomic E-state index is 12.9. The van der Waals surface area contributed by atoms with Crippen molar-refractivity contribution in [2.75, 3.05) is 19.6 Å². The van der Waals surface area contributed by atoms with Crippen LogP contribution in [-0.2, 0) is 11.3 Å². The highest BCUT2D eigenvalue weighted by Gasteiger charge is 2.57. The molecular formula is C18H29ClN4O2S. The highest BCUT2D eigenvalue weighted by Crippen LogP contribution is 2.56. The van der Waals surface area contributed by atoms with E-state index >= 15 is 0 Å². The maximum Gasteiger partial charge on any atom is 0.312 e. The molecule has 0 radical (unpaired) electrons. The lowest BCUT2D eigenvalue weighted by Crippen LogP contribution is -2.39. The molecule has 1 aliphatic carbocycles. The van der Waals surface area contributed by atoms with Crippen molar-refractivity contribution in [3.8, 4) is 0 Å². The summed E-state index contributed by atoms with van der Waals surface area (Å²) in [5.41, 5.74) is 6.63. The molecule has 8 heteroatoms. The zero-order valence-electron chi connectivity index (χ0n) is 15.0. The molecule has 1 saturated carbocycles. The van der Waals surface area contributed by atoms with E-state index in [4.69, 9.17) is 5.73 Å². The zero-order chi connectivity index (χ0) is 17.7. The minimum atomic E-state index is -0.503. The molecule has 2 fully saturated rings. The molecule has 1 unspecified atom stereocenters. The predicted octanol–water partition coefficient (Wildman–Crippen LogP) is 2.48. The van der Waals surface area contributed by atoms with Crippen molar-refractivity contribution in [2.45, 2.75) is 51.1 Å². The molecule has 3 amide bonds. The zero-order valence-corrected chi connectivity index (χ0v) is 16.7. The van der Waals surface area contributed by atoms with Gasteiger partial charge in [-0.3, -0.25) is 4.79 Å². The van der Waals surface area contributed by atoms with Crippen LogP contribution in [-0.4, -0.2) is 42.5 Å². The Morgan fingerprint density at radius 1 is 1.35 bits per heavy atom. The summed E-state index contributed by atoms with van der Waals surface area (Å²) in [6.07, 6.45) is 5.59. The van der Waals surface area contributed by atoms with E-state index in [0.29, 0.717) is 24.4 Å². The lowest BCUT2D eigenvalue weighted by molar-refractivity contribution is -0.133. The van der Waals surface area contributed by atoms with Crippen LogP contribution in [0.25, 0.3) is 0 Å². The number of hydrogen-bond acceptors (Lipinski definition) is 4. The third-order valence-electron chi connectivity index (χ3n) is 5.49. The number of halogens is 1. The smallest absolute Gasteiger partial charge is 0.312 e. The normalized spacial score (nSPS) is 20.2. The van der Waals surface area contributed by atoms with Gasteiger partial charge in [-0.25, -0.2) is 4.79 Å². The fourth-order valence-electron chi connectivity index (χ4n) is 3.94. The van der Waals surface area contributed by atoms with Gasteiger partial charge in [-0.05, 0) is 73.0 Å². The molecule has 26 heavy (non-hydrogen) atoms. The average Bonchev–Trinajstić information content (AvgIpc) is 3.03. The number of thiophene rings is 1. The van der Waals surface area contributed by atoms with Gasteiger partial charge in [0, 0.05) is 25.6 Å². The van der Waals surface area contributed by atoms with Crippen LogP contribution >= 0.6 is 23.7 Å². The van der Waals surface area contributed by atoms with E-state index in [2.05, 4.69) is 32.4 Å². The predicted molar refractivity (Wildman–Crippen MR) is 106 cm³/mol. The van der Waals surface area contributed by atoms with Crippen LogP contribution in [0, 0.1) is 5.41 Å². The van der Waals surface area contributed by atoms with Crippen LogP contribution in [0.5, 0.6) is 0 Å². The number of nitrogens with one attached hydrogen (secondary N) is 2. The third-order valence-corrected chi connectivity index (χ3v) is 6.22. The van der Waals surface area contributed by atoms with Crippen molar-refractivity contribution in [3.63, 3.8) is 0 Å². The van der Waals surface area contributed by atoms with E-state index in [9.17, 15) is 9.59 Å². The largest absolute Gasteiger partial charge is 0.352 e. The topological polar surface area (TPSA) is 87.5 Å². The van der Waals surface area contributed by atoms with E-state index in [-0.39, 0.29) is 18.3 Å². The van der Waals surface area contributed by atoms with Crippen molar-refractivity contribution in [1.82, 2.24) is 15.5 Å². The molecule has 1 saturated heterocycles. The first-order chi connectivity index (χ1) is 12.1. The summed E-state index contributed by atoms with van der Waals surface area (Å²) in [5, 5.41) is 10.2. The Balaban J connectivity index is 0.00000243. The number of nitrogens with zero attached hydrogens (tertiary/aromatic N) is 1. The number of piperidine rings is 1. The maximum absolute atomic E-state index is 12.9. The van der Waals surface area contributed by atoms with E-state index in [1.165, 1.54) is 18.4 Å². The number of carbonyl (C=O) groups excluding carboxylic acids is 2. The van der Waals surface area contributed by atoms with Crippen LogP contribution in [0.1, 0.15) is 44.1 Å².